The molecule has 7 nitrogen and oxygen atoms in total. The number of rotatable bonds is 3. The molecule has 1 aliphatic rings. The first-order chi connectivity index (χ1) is 10.2. The molecule has 8 heteroatoms. The second-order valence-electron chi connectivity index (χ2n) is 4.71. The van der Waals surface area contributed by atoms with Gasteiger partial charge in [-0.2, -0.15) is 0 Å². The first-order valence-corrected chi connectivity index (χ1v) is 7.57. The van der Waals surface area contributed by atoms with Gasteiger partial charge in [0, 0.05) is 37.8 Å². The summed E-state index contributed by atoms with van der Waals surface area (Å²) in [4.78, 5) is 27.7. The molecule has 0 spiro atoms. The van der Waals surface area contributed by atoms with Gasteiger partial charge in [-0.3, -0.25) is 0 Å². The predicted molar refractivity (Wildman–Crippen MR) is 80.1 cm³/mol. The van der Waals surface area contributed by atoms with Crippen molar-refractivity contribution in [2.75, 3.05) is 36.0 Å². The van der Waals surface area contributed by atoms with E-state index in [1.54, 1.807) is 11.3 Å². The van der Waals surface area contributed by atoms with E-state index in [2.05, 4.69) is 24.8 Å². The fraction of sp³-hybridized carbons (Fsp3) is 0.385. The molecular weight excluding hydrogens is 290 g/mol. The Balaban J connectivity index is 1.68. The van der Waals surface area contributed by atoms with E-state index in [9.17, 15) is 4.79 Å². The van der Waals surface area contributed by atoms with Gasteiger partial charge in [-0.15, -0.1) is 11.3 Å². The van der Waals surface area contributed by atoms with Crippen LogP contribution in [-0.4, -0.2) is 52.2 Å². The third-order valence-electron chi connectivity index (χ3n) is 3.37. The summed E-state index contributed by atoms with van der Waals surface area (Å²) in [6.07, 6.45) is 5.66. The van der Waals surface area contributed by atoms with E-state index in [4.69, 9.17) is 5.11 Å². The summed E-state index contributed by atoms with van der Waals surface area (Å²) in [7, 11) is 0. The molecule has 2 aromatic rings. The summed E-state index contributed by atoms with van der Waals surface area (Å²) < 4.78 is 0. The summed E-state index contributed by atoms with van der Waals surface area (Å²) in [5, 5.41) is 11.9. The van der Waals surface area contributed by atoms with Crippen LogP contribution >= 0.6 is 11.3 Å². The third-order valence-corrected chi connectivity index (χ3v) is 4.20. The van der Waals surface area contributed by atoms with Crippen LogP contribution in [0.5, 0.6) is 0 Å². The van der Waals surface area contributed by atoms with Gasteiger partial charge in [0.2, 0.25) is 0 Å². The second-order valence-corrected chi connectivity index (χ2v) is 5.58. The number of aromatic carboxylic acids is 1. The average molecular weight is 305 g/mol. The molecule has 21 heavy (non-hydrogen) atoms. The number of aromatic nitrogens is 3. The van der Waals surface area contributed by atoms with Gasteiger partial charge in [0.1, 0.15) is 5.82 Å². The zero-order valence-corrected chi connectivity index (χ0v) is 12.2. The minimum atomic E-state index is -1.06. The standard InChI is InChI=1S/C13H15N5O2S/c19-12(20)10-8-16-11(9-15-10)17-3-1-4-18(6-5-17)13-14-2-7-21-13/h2,7-9H,1,3-6H2,(H,19,20). The molecule has 1 N–H and O–H groups in total. The van der Waals surface area contributed by atoms with Crippen molar-refractivity contribution in [3.8, 4) is 0 Å². The van der Waals surface area contributed by atoms with Crippen LogP contribution in [-0.2, 0) is 0 Å². The fourth-order valence-electron chi connectivity index (χ4n) is 2.30. The van der Waals surface area contributed by atoms with Gasteiger partial charge in [-0.1, -0.05) is 0 Å². The maximum Gasteiger partial charge on any atom is 0.356 e. The Morgan fingerprint density at radius 1 is 1.10 bits per heavy atom. The minimum absolute atomic E-state index is 0.0296. The molecule has 3 heterocycles. The Labute approximate surface area is 125 Å². The predicted octanol–water partition coefficient (Wildman–Crippen LogP) is 1.35. The molecule has 0 aliphatic carbocycles. The number of carbonyl (C=O) groups is 1. The van der Waals surface area contributed by atoms with Crippen molar-refractivity contribution in [2.24, 2.45) is 0 Å². The smallest absolute Gasteiger partial charge is 0.356 e. The molecule has 110 valence electrons. The topological polar surface area (TPSA) is 82.5 Å². The quantitative estimate of drug-likeness (QED) is 0.916. The van der Waals surface area contributed by atoms with Crippen LogP contribution < -0.4 is 9.80 Å². The summed E-state index contributed by atoms with van der Waals surface area (Å²) in [5.74, 6) is -0.333. The maximum atomic E-state index is 10.8. The molecule has 0 atom stereocenters. The SMILES string of the molecule is O=C(O)c1cnc(N2CCCN(c3nccs3)CC2)cn1. The van der Waals surface area contributed by atoms with E-state index in [1.165, 1.54) is 12.4 Å². The van der Waals surface area contributed by atoms with Crippen LogP contribution in [0.2, 0.25) is 0 Å². The van der Waals surface area contributed by atoms with Crippen molar-refractivity contribution < 1.29 is 9.90 Å². The van der Waals surface area contributed by atoms with Crippen LogP contribution in [0.25, 0.3) is 0 Å². The Hall–Kier alpha value is -2.22. The van der Waals surface area contributed by atoms with Gasteiger partial charge in [0.25, 0.3) is 0 Å². The Kier molecular flexibility index (Phi) is 3.96. The first-order valence-electron chi connectivity index (χ1n) is 6.69. The van der Waals surface area contributed by atoms with E-state index in [1.807, 2.05) is 11.6 Å². The summed E-state index contributed by atoms with van der Waals surface area (Å²) in [6.45, 7) is 3.53. The number of hydrogen-bond donors (Lipinski definition) is 1. The molecule has 3 rings (SSSR count). The maximum absolute atomic E-state index is 10.8. The van der Waals surface area contributed by atoms with Crippen molar-refractivity contribution in [1.29, 1.82) is 0 Å². The lowest BCUT2D eigenvalue weighted by molar-refractivity contribution is 0.0690. The largest absolute Gasteiger partial charge is 0.476 e. The van der Waals surface area contributed by atoms with E-state index in [0.29, 0.717) is 0 Å². The molecule has 1 fully saturated rings. The van der Waals surface area contributed by atoms with Crippen molar-refractivity contribution in [2.45, 2.75) is 6.42 Å². The van der Waals surface area contributed by atoms with E-state index >= 15 is 0 Å². The lowest BCUT2D eigenvalue weighted by Gasteiger charge is -2.22. The molecule has 2 aromatic heterocycles. The molecule has 0 amide bonds. The van der Waals surface area contributed by atoms with Gasteiger partial charge in [0.05, 0.1) is 12.4 Å². The number of anilines is 2. The second kappa shape index (κ2) is 6.04. The highest BCUT2D eigenvalue weighted by Crippen LogP contribution is 2.20. The van der Waals surface area contributed by atoms with Crippen LogP contribution in [0, 0.1) is 0 Å². The van der Waals surface area contributed by atoms with Crippen molar-refractivity contribution >= 4 is 28.3 Å². The summed E-state index contributed by atoms with van der Waals surface area (Å²) >= 11 is 1.64. The Bertz CT molecular complexity index is 602. The van der Waals surface area contributed by atoms with Crippen molar-refractivity contribution in [3.63, 3.8) is 0 Å². The highest BCUT2D eigenvalue weighted by molar-refractivity contribution is 7.13. The molecule has 0 bridgehead atoms. The number of hydrogen-bond acceptors (Lipinski definition) is 7. The molecule has 0 unspecified atom stereocenters. The minimum Gasteiger partial charge on any atom is -0.476 e. The molecule has 1 saturated heterocycles. The first kappa shape index (κ1) is 13.7. The summed E-state index contributed by atoms with van der Waals surface area (Å²) in [6, 6.07) is 0. The zero-order chi connectivity index (χ0) is 14.7. The van der Waals surface area contributed by atoms with Crippen LogP contribution in [0.1, 0.15) is 16.9 Å². The Morgan fingerprint density at radius 3 is 2.57 bits per heavy atom. The lowest BCUT2D eigenvalue weighted by Crippen LogP contribution is -2.31. The van der Waals surface area contributed by atoms with Crippen LogP contribution in [0.4, 0.5) is 10.9 Å². The number of thiazole rings is 1. The van der Waals surface area contributed by atoms with Gasteiger partial charge in [0.15, 0.2) is 10.8 Å². The van der Waals surface area contributed by atoms with E-state index in [-0.39, 0.29) is 5.69 Å². The summed E-state index contributed by atoms with van der Waals surface area (Å²) in [5.41, 5.74) is -0.0296. The Morgan fingerprint density at radius 2 is 1.90 bits per heavy atom. The molecule has 0 saturated carbocycles. The number of nitrogens with zero attached hydrogens (tertiary/aromatic N) is 5. The highest BCUT2D eigenvalue weighted by Gasteiger charge is 2.18. The average Bonchev–Trinajstić information content (AvgIpc) is 2.92. The number of carboxylic acid groups (broad SMARTS) is 1. The lowest BCUT2D eigenvalue weighted by atomic mass is 10.4. The normalized spacial score (nSPS) is 15.8. The molecule has 0 radical (unpaired) electrons. The fourth-order valence-corrected chi connectivity index (χ4v) is 3.00. The zero-order valence-electron chi connectivity index (χ0n) is 11.3. The number of carboxylic acids is 1. The molecular formula is C13H15N5O2S. The third kappa shape index (κ3) is 3.10. The van der Waals surface area contributed by atoms with Crippen molar-refractivity contribution in [3.05, 3.63) is 29.7 Å². The van der Waals surface area contributed by atoms with Gasteiger partial charge >= 0.3 is 5.97 Å². The van der Waals surface area contributed by atoms with Gasteiger partial charge in [-0.25, -0.2) is 19.7 Å². The van der Waals surface area contributed by atoms with Crippen LogP contribution in [0.15, 0.2) is 24.0 Å². The monoisotopic (exact) mass is 305 g/mol. The van der Waals surface area contributed by atoms with E-state index in [0.717, 1.165) is 43.5 Å². The van der Waals surface area contributed by atoms with Crippen molar-refractivity contribution in [1.82, 2.24) is 15.0 Å². The molecule has 1 aliphatic heterocycles. The van der Waals surface area contributed by atoms with Gasteiger partial charge in [-0.05, 0) is 6.42 Å². The van der Waals surface area contributed by atoms with E-state index < -0.39 is 5.97 Å². The molecule has 0 aromatic carbocycles. The van der Waals surface area contributed by atoms with Crippen LogP contribution in [0.3, 0.4) is 0 Å². The van der Waals surface area contributed by atoms with Gasteiger partial charge < -0.3 is 14.9 Å². The highest BCUT2D eigenvalue weighted by atomic mass is 32.1.